The lowest BCUT2D eigenvalue weighted by atomic mass is 9.77. The summed E-state index contributed by atoms with van der Waals surface area (Å²) in [5.74, 6) is 1.76. The van der Waals surface area contributed by atoms with E-state index >= 15 is 0 Å². The molecule has 0 radical (unpaired) electrons. The smallest absolute Gasteiger partial charge is 0.227 e. The van der Waals surface area contributed by atoms with E-state index in [9.17, 15) is 4.79 Å². The lowest BCUT2D eigenvalue weighted by Gasteiger charge is -2.30. The molecule has 1 amide bonds. The van der Waals surface area contributed by atoms with Gasteiger partial charge in [-0.1, -0.05) is 29.8 Å². The van der Waals surface area contributed by atoms with E-state index in [4.69, 9.17) is 4.74 Å². The maximum atomic E-state index is 12.9. The van der Waals surface area contributed by atoms with Crippen LogP contribution in [0.5, 0.6) is 0 Å². The summed E-state index contributed by atoms with van der Waals surface area (Å²) >= 11 is 0. The van der Waals surface area contributed by atoms with Crippen molar-refractivity contribution in [2.24, 2.45) is 17.3 Å². The van der Waals surface area contributed by atoms with Gasteiger partial charge < -0.3 is 14.5 Å². The van der Waals surface area contributed by atoms with Crippen molar-refractivity contribution in [2.75, 3.05) is 46.4 Å². The Labute approximate surface area is 157 Å². The normalized spacial score (nSPS) is 29.0. The summed E-state index contributed by atoms with van der Waals surface area (Å²) < 4.78 is 5.55. The molecular weight excluding hydrogens is 324 g/mol. The van der Waals surface area contributed by atoms with Crippen LogP contribution in [0.2, 0.25) is 0 Å². The number of hydrogen-bond donors (Lipinski definition) is 0. The first kappa shape index (κ1) is 18.0. The molecular formula is C22H32N2O2. The minimum absolute atomic E-state index is 0.244. The van der Waals surface area contributed by atoms with E-state index in [1.807, 2.05) is 7.11 Å². The summed E-state index contributed by atoms with van der Waals surface area (Å²) in [5, 5.41) is 0. The first-order valence-corrected chi connectivity index (χ1v) is 10.1. The molecule has 2 saturated heterocycles. The summed E-state index contributed by atoms with van der Waals surface area (Å²) in [7, 11) is 1.81. The van der Waals surface area contributed by atoms with Gasteiger partial charge in [-0.3, -0.25) is 4.79 Å². The van der Waals surface area contributed by atoms with Crippen LogP contribution >= 0.6 is 0 Å². The van der Waals surface area contributed by atoms with Crippen molar-refractivity contribution >= 4 is 5.91 Å². The van der Waals surface area contributed by atoms with Crippen molar-refractivity contribution < 1.29 is 9.53 Å². The van der Waals surface area contributed by atoms with Gasteiger partial charge in [0, 0.05) is 51.2 Å². The van der Waals surface area contributed by atoms with Crippen LogP contribution in [0, 0.1) is 24.2 Å². The van der Waals surface area contributed by atoms with Crippen LogP contribution in [0.1, 0.15) is 30.4 Å². The zero-order valence-electron chi connectivity index (χ0n) is 16.2. The zero-order chi connectivity index (χ0) is 18.1. The van der Waals surface area contributed by atoms with E-state index in [0.29, 0.717) is 12.3 Å². The van der Waals surface area contributed by atoms with Crippen LogP contribution in [0.3, 0.4) is 0 Å². The number of nitrogens with zero attached hydrogens (tertiary/aromatic N) is 2. The number of likely N-dealkylation sites (tertiary alicyclic amines) is 2. The fourth-order valence-corrected chi connectivity index (χ4v) is 4.94. The largest absolute Gasteiger partial charge is 0.384 e. The molecule has 26 heavy (non-hydrogen) atoms. The van der Waals surface area contributed by atoms with E-state index in [0.717, 1.165) is 50.7 Å². The van der Waals surface area contributed by atoms with Crippen LogP contribution in [0.15, 0.2) is 24.3 Å². The van der Waals surface area contributed by atoms with Crippen molar-refractivity contribution in [2.45, 2.75) is 32.6 Å². The second-order valence-electron chi connectivity index (χ2n) is 8.88. The highest BCUT2D eigenvalue weighted by Gasteiger charge is 2.51. The summed E-state index contributed by atoms with van der Waals surface area (Å²) in [4.78, 5) is 17.6. The van der Waals surface area contributed by atoms with Crippen molar-refractivity contribution in [3.63, 3.8) is 0 Å². The summed E-state index contributed by atoms with van der Waals surface area (Å²) in [5.41, 5.74) is 2.61. The van der Waals surface area contributed by atoms with Crippen LogP contribution in [0.25, 0.3) is 0 Å². The van der Waals surface area contributed by atoms with Crippen molar-refractivity contribution in [1.29, 1.82) is 0 Å². The van der Waals surface area contributed by atoms with Crippen LogP contribution in [-0.2, 0) is 16.0 Å². The molecule has 2 atom stereocenters. The molecule has 0 aromatic heterocycles. The molecule has 4 rings (SSSR count). The molecule has 2 aliphatic heterocycles. The van der Waals surface area contributed by atoms with E-state index in [1.54, 1.807) is 0 Å². The quantitative estimate of drug-likeness (QED) is 0.786. The highest BCUT2D eigenvalue weighted by Crippen LogP contribution is 2.45. The molecule has 0 N–H and O–H groups in total. The molecule has 1 saturated carbocycles. The van der Waals surface area contributed by atoms with E-state index in [1.165, 1.54) is 24.9 Å². The molecule has 4 nitrogen and oxygen atoms in total. The standard InChI is InChI=1S/C22H32N2O2/c1-17-3-5-18(6-4-17)11-21(25)24-10-9-22(16-24)15-23(12-19-7-8-19)13-20(22)14-26-2/h3-6,19-20H,7-16H2,1-2H3/t20-,22+/m0/s1. The molecule has 2 heterocycles. The Morgan fingerprint density at radius 2 is 2.00 bits per heavy atom. The molecule has 1 aliphatic carbocycles. The van der Waals surface area contributed by atoms with E-state index < -0.39 is 0 Å². The van der Waals surface area contributed by atoms with Gasteiger partial charge in [-0.2, -0.15) is 0 Å². The van der Waals surface area contributed by atoms with Crippen LogP contribution in [0.4, 0.5) is 0 Å². The number of aryl methyl sites for hydroxylation is 1. The number of amides is 1. The molecule has 0 bridgehead atoms. The Morgan fingerprint density at radius 1 is 1.23 bits per heavy atom. The van der Waals surface area contributed by atoms with Gasteiger partial charge in [-0.05, 0) is 37.7 Å². The van der Waals surface area contributed by atoms with Gasteiger partial charge in [0.05, 0.1) is 13.0 Å². The maximum absolute atomic E-state index is 12.9. The van der Waals surface area contributed by atoms with Gasteiger partial charge in [-0.15, -0.1) is 0 Å². The monoisotopic (exact) mass is 356 g/mol. The molecule has 1 aromatic carbocycles. The number of ether oxygens (including phenoxy) is 1. The van der Waals surface area contributed by atoms with Gasteiger partial charge in [0.1, 0.15) is 0 Å². The predicted molar refractivity (Wildman–Crippen MR) is 103 cm³/mol. The number of rotatable bonds is 6. The van der Waals surface area contributed by atoms with Gasteiger partial charge >= 0.3 is 0 Å². The Balaban J connectivity index is 1.40. The minimum Gasteiger partial charge on any atom is -0.384 e. The Hall–Kier alpha value is -1.39. The Morgan fingerprint density at radius 3 is 2.69 bits per heavy atom. The first-order chi connectivity index (χ1) is 12.6. The zero-order valence-corrected chi connectivity index (χ0v) is 16.2. The Kier molecular flexibility index (Phi) is 5.07. The van der Waals surface area contributed by atoms with E-state index in [-0.39, 0.29) is 11.3 Å². The maximum Gasteiger partial charge on any atom is 0.227 e. The molecule has 142 valence electrons. The second-order valence-corrected chi connectivity index (χ2v) is 8.88. The van der Waals surface area contributed by atoms with Crippen molar-refractivity contribution in [3.8, 4) is 0 Å². The second kappa shape index (κ2) is 7.32. The molecule has 4 heteroatoms. The fourth-order valence-electron chi connectivity index (χ4n) is 4.94. The first-order valence-electron chi connectivity index (χ1n) is 10.1. The number of hydrogen-bond acceptors (Lipinski definition) is 3. The third-order valence-electron chi connectivity index (χ3n) is 6.68. The lowest BCUT2D eigenvalue weighted by Crippen LogP contribution is -2.38. The lowest BCUT2D eigenvalue weighted by molar-refractivity contribution is -0.130. The van der Waals surface area contributed by atoms with Gasteiger partial charge in [0.15, 0.2) is 0 Å². The topological polar surface area (TPSA) is 32.8 Å². The summed E-state index contributed by atoms with van der Waals surface area (Å²) in [6, 6.07) is 8.35. The van der Waals surface area contributed by atoms with E-state index in [2.05, 4.69) is 41.0 Å². The van der Waals surface area contributed by atoms with Crippen molar-refractivity contribution in [3.05, 3.63) is 35.4 Å². The molecule has 1 spiro atoms. The number of benzene rings is 1. The summed E-state index contributed by atoms with van der Waals surface area (Å²) in [6.07, 6.45) is 4.46. The van der Waals surface area contributed by atoms with Gasteiger partial charge in [0.25, 0.3) is 0 Å². The van der Waals surface area contributed by atoms with Crippen LogP contribution in [-0.4, -0.2) is 62.1 Å². The highest BCUT2D eigenvalue weighted by molar-refractivity contribution is 5.79. The predicted octanol–water partition coefficient (Wildman–Crippen LogP) is 2.74. The number of carbonyl (C=O) groups is 1. The highest BCUT2D eigenvalue weighted by atomic mass is 16.5. The average molecular weight is 357 g/mol. The number of carbonyl (C=O) groups excluding carboxylic acids is 1. The molecule has 3 fully saturated rings. The fraction of sp³-hybridized carbons (Fsp3) is 0.682. The molecule has 0 unspecified atom stereocenters. The SMILES string of the molecule is COC[C@@H]1CN(CC2CC2)C[C@@]12CCN(C(=O)Cc1ccc(C)cc1)C2. The Bertz CT molecular complexity index is 640. The van der Waals surface area contributed by atoms with Crippen LogP contribution < -0.4 is 0 Å². The van der Waals surface area contributed by atoms with Gasteiger partial charge in [-0.25, -0.2) is 0 Å². The van der Waals surface area contributed by atoms with Gasteiger partial charge in [0.2, 0.25) is 5.91 Å². The van der Waals surface area contributed by atoms with Crippen molar-refractivity contribution in [1.82, 2.24) is 9.80 Å². The summed E-state index contributed by atoms with van der Waals surface area (Å²) in [6.45, 7) is 8.25. The third-order valence-corrected chi connectivity index (χ3v) is 6.68. The average Bonchev–Trinajstić information content (AvgIpc) is 3.23. The minimum atomic E-state index is 0.244. The number of methoxy groups -OCH3 is 1. The third kappa shape index (κ3) is 3.81. The molecule has 3 aliphatic rings. The molecule has 1 aromatic rings.